The van der Waals surface area contributed by atoms with Crippen molar-refractivity contribution < 1.29 is 19.7 Å². The molecule has 6 nitrogen and oxygen atoms in total. The van der Waals surface area contributed by atoms with E-state index in [0.717, 1.165) is 13.1 Å². The molecule has 0 aliphatic carbocycles. The summed E-state index contributed by atoms with van der Waals surface area (Å²) >= 11 is 0. The minimum Gasteiger partial charge on any atom is -0.449 e. The predicted molar refractivity (Wildman–Crippen MR) is 78.5 cm³/mol. The van der Waals surface area contributed by atoms with Crippen LogP contribution in [0.1, 0.15) is 27.7 Å². The van der Waals surface area contributed by atoms with Crippen LogP contribution in [-0.2, 0) is 4.74 Å². The lowest BCUT2D eigenvalue weighted by Crippen LogP contribution is -2.37. The Balaban J connectivity index is 4.14. The molecule has 0 bridgehead atoms. The van der Waals surface area contributed by atoms with Gasteiger partial charge in [-0.2, -0.15) is 0 Å². The standard InChI is InChI=1S/C14H30N2O4/c1-5-15-6-12(11(4)10(2)3)9-20-14(19)16-7-13(18)8-17/h10-13,15,17-18H,5-9H2,1-4H3,(H,16,19). The minimum atomic E-state index is -0.949. The molecule has 4 N–H and O–H groups in total. The maximum Gasteiger partial charge on any atom is 0.407 e. The van der Waals surface area contributed by atoms with Crippen molar-refractivity contribution in [3.8, 4) is 0 Å². The zero-order valence-corrected chi connectivity index (χ0v) is 13.1. The molecule has 1 amide bonds. The summed E-state index contributed by atoms with van der Waals surface area (Å²) in [4.78, 5) is 11.5. The molecule has 0 saturated carbocycles. The van der Waals surface area contributed by atoms with Gasteiger partial charge in [0.25, 0.3) is 0 Å². The van der Waals surface area contributed by atoms with Crippen LogP contribution >= 0.6 is 0 Å². The third-order valence-electron chi connectivity index (χ3n) is 3.57. The normalized spacial score (nSPS) is 15.8. The van der Waals surface area contributed by atoms with E-state index in [2.05, 4.69) is 31.4 Å². The average Bonchev–Trinajstić information content (AvgIpc) is 2.43. The Morgan fingerprint density at radius 2 is 1.90 bits per heavy atom. The SMILES string of the molecule is CCNCC(COC(=O)NCC(O)CO)C(C)C(C)C. The van der Waals surface area contributed by atoms with Crippen LogP contribution in [0.15, 0.2) is 0 Å². The van der Waals surface area contributed by atoms with Gasteiger partial charge in [-0.25, -0.2) is 4.79 Å². The zero-order valence-electron chi connectivity index (χ0n) is 13.1. The van der Waals surface area contributed by atoms with Crippen molar-refractivity contribution in [3.63, 3.8) is 0 Å². The zero-order chi connectivity index (χ0) is 15.5. The highest BCUT2D eigenvalue weighted by Crippen LogP contribution is 2.20. The Morgan fingerprint density at radius 1 is 1.25 bits per heavy atom. The average molecular weight is 290 g/mol. The molecule has 120 valence electrons. The highest BCUT2D eigenvalue weighted by atomic mass is 16.5. The molecule has 3 atom stereocenters. The summed E-state index contributed by atoms with van der Waals surface area (Å²) < 4.78 is 5.18. The van der Waals surface area contributed by atoms with Gasteiger partial charge in [-0.15, -0.1) is 0 Å². The number of hydrogen-bond acceptors (Lipinski definition) is 5. The van der Waals surface area contributed by atoms with Crippen molar-refractivity contribution >= 4 is 6.09 Å². The van der Waals surface area contributed by atoms with Crippen LogP contribution in [0.2, 0.25) is 0 Å². The molecule has 6 heteroatoms. The van der Waals surface area contributed by atoms with Crippen LogP contribution in [0.3, 0.4) is 0 Å². The highest BCUT2D eigenvalue weighted by molar-refractivity contribution is 5.67. The number of aliphatic hydroxyl groups is 2. The van der Waals surface area contributed by atoms with E-state index in [0.29, 0.717) is 18.4 Å². The van der Waals surface area contributed by atoms with Gasteiger partial charge in [0.15, 0.2) is 0 Å². The maximum absolute atomic E-state index is 11.5. The van der Waals surface area contributed by atoms with E-state index < -0.39 is 12.2 Å². The first-order valence-electron chi connectivity index (χ1n) is 7.32. The molecule has 0 aliphatic rings. The quantitative estimate of drug-likeness (QED) is 0.472. The van der Waals surface area contributed by atoms with Crippen molar-refractivity contribution in [2.24, 2.45) is 17.8 Å². The van der Waals surface area contributed by atoms with Gasteiger partial charge in [0.1, 0.15) is 0 Å². The third-order valence-corrected chi connectivity index (χ3v) is 3.57. The van der Waals surface area contributed by atoms with Crippen molar-refractivity contribution in [1.29, 1.82) is 0 Å². The first-order valence-corrected chi connectivity index (χ1v) is 7.32. The van der Waals surface area contributed by atoms with Crippen molar-refractivity contribution in [3.05, 3.63) is 0 Å². The van der Waals surface area contributed by atoms with Crippen molar-refractivity contribution in [2.45, 2.75) is 33.8 Å². The molecule has 0 aliphatic heterocycles. The fourth-order valence-corrected chi connectivity index (χ4v) is 1.77. The van der Waals surface area contributed by atoms with E-state index in [-0.39, 0.29) is 19.1 Å². The van der Waals surface area contributed by atoms with Gasteiger partial charge in [-0.05, 0) is 18.4 Å². The first kappa shape index (κ1) is 19.1. The highest BCUT2D eigenvalue weighted by Gasteiger charge is 2.21. The van der Waals surface area contributed by atoms with Gasteiger partial charge >= 0.3 is 6.09 Å². The molecular weight excluding hydrogens is 260 g/mol. The second-order valence-corrected chi connectivity index (χ2v) is 5.49. The monoisotopic (exact) mass is 290 g/mol. The van der Waals surface area contributed by atoms with Gasteiger partial charge in [-0.3, -0.25) is 0 Å². The largest absolute Gasteiger partial charge is 0.449 e. The summed E-state index contributed by atoms with van der Waals surface area (Å²) in [6.07, 6.45) is -1.51. The molecule has 0 rings (SSSR count). The lowest BCUT2D eigenvalue weighted by atomic mass is 9.85. The van der Waals surface area contributed by atoms with Gasteiger partial charge in [0.05, 0.1) is 19.3 Å². The first-order chi connectivity index (χ1) is 9.42. The lowest BCUT2D eigenvalue weighted by Gasteiger charge is -2.27. The summed E-state index contributed by atoms with van der Waals surface area (Å²) in [6.45, 7) is 10.2. The Hall–Kier alpha value is -0.850. The number of rotatable bonds is 10. The number of carbonyl (C=O) groups is 1. The van der Waals surface area contributed by atoms with Crippen LogP contribution < -0.4 is 10.6 Å². The molecule has 0 aromatic carbocycles. The van der Waals surface area contributed by atoms with Crippen LogP contribution in [0.5, 0.6) is 0 Å². The molecule has 20 heavy (non-hydrogen) atoms. The second kappa shape index (κ2) is 10.9. The Labute approximate surface area is 121 Å². The van der Waals surface area contributed by atoms with E-state index >= 15 is 0 Å². The second-order valence-electron chi connectivity index (χ2n) is 5.49. The topological polar surface area (TPSA) is 90.8 Å². The number of ether oxygens (including phenoxy) is 1. The van der Waals surface area contributed by atoms with E-state index in [9.17, 15) is 4.79 Å². The summed E-state index contributed by atoms with van der Waals surface area (Å²) in [7, 11) is 0. The van der Waals surface area contributed by atoms with Crippen molar-refractivity contribution in [1.82, 2.24) is 10.6 Å². The van der Waals surface area contributed by atoms with Crippen LogP contribution in [-0.4, -0.2) is 55.3 Å². The third kappa shape index (κ3) is 8.35. The molecule has 0 radical (unpaired) electrons. The number of nitrogens with one attached hydrogen (secondary N) is 2. The van der Waals surface area contributed by atoms with E-state index in [4.69, 9.17) is 14.9 Å². The number of carbonyl (C=O) groups excluding carboxylic acids is 1. The van der Waals surface area contributed by atoms with E-state index in [1.807, 2.05) is 6.92 Å². The number of aliphatic hydroxyl groups excluding tert-OH is 2. The summed E-state index contributed by atoms with van der Waals surface area (Å²) in [5.41, 5.74) is 0. The molecule has 0 heterocycles. The van der Waals surface area contributed by atoms with Gasteiger partial charge < -0.3 is 25.6 Å². The molecule has 0 spiro atoms. The molecule has 0 fully saturated rings. The number of amides is 1. The lowest BCUT2D eigenvalue weighted by molar-refractivity contribution is 0.0794. The molecule has 3 unspecified atom stereocenters. The van der Waals surface area contributed by atoms with Crippen molar-refractivity contribution in [2.75, 3.05) is 32.8 Å². The summed E-state index contributed by atoms with van der Waals surface area (Å²) in [5, 5.41) is 23.5. The smallest absolute Gasteiger partial charge is 0.407 e. The van der Waals surface area contributed by atoms with Gasteiger partial charge in [0.2, 0.25) is 0 Å². The van der Waals surface area contributed by atoms with Crippen LogP contribution in [0.25, 0.3) is 0 Å². The van der Waals surface area contributed by atoms with Gasteiger partial charge in [0, 0.05) is 19.0 Å². The van der Waals surface area contributed by atoms with Crippen LogP contribution in [0.4, 0.5) is 4.79 Å². The van der Waals surface area contributed by atoms with E-state index in [1.54, 1.807) is 0 Å². The maximum atomic E-state index is 11.5. The molecule has 0 aromatic heterocycles. The Bertz CT molecular complexity index is 262. The Morgan fingerprint density at radius 3 is 2.40 bits per heavy atom. The molecular formula is C14H30N2O4. The summed E-state index contributed by atoms with van der Waals surface area (Å²) in [6, 6.07) is 0. The van der Waals surface area contributed by atoms with E-state index in [1.165, 1.54) is 0 Å². The predicted octanol–water partition coefficient (Wildman–Crippen LogP) is 0.584. The molecule has 0 saturated heterocycles. The van der Waals surface area contributed by atoms with Gasteiger partial charge in [-0.1, -0.05) is 27.7 Å². The molecule has 0 aromatic rings. The minimum absolute atomic E-state index is 0.00700. The number of hydrogen-bond donors (Lipinski definition) is 4. The fraction of sp³-hybridized carbons (Fsp3) is 0.929. The van der Waals surface area contributed by atoms with Crippen LogP contribution in [0, 0.1) is 17.8 Å². The summed E-state index contributed by atoms with van der Waals surface area (Å²) in [5.74, 6) is 1.20. The fourth-order valence-electron chi connectivity index (χ4n) is 1.77. The number of alkyl carbamates (subject to hydrolysis) is 1. The Kier molecular flexibility index (Phi) is 10.4.